The van der Waals surface area contributed by atoms with E-state index < -0.39 is 6.10 Å². The zero-order valence-electron chi connectivity index (χ0n) is 12.3. The molecule has 0 bridgehead atoms. The number of H-pyrrole nitrogens is 1. The van der Waals surface area contributed by atoms with Crippen LogP contribution in [0.1, 0.15) is 12.6 Å². The van der Waals surface area contributed by atoms with Gasteiger partial charge in [-0.1, -0.05) is 6.58 Å². The van der Waals surface area contributed by atoms with E-state index in [0.717, 1.165) is 5.52 Å². The minimum atomic E-state index is -0.605. The summed E-state index contributed by atoms with van der Waals surface area (Å²) in [5.74, 6) is 0.283. The number of fused-ring (bicyclic) bond motifs is 1. The van der Waals surface area contributed by atoms with Crippen LogP contribution in [-0.4, -0.2) is 58.3 Å². The second kappa shape index (κ2) is 6.10. The van der Waals surface area contributed by atoms with Gasteiger partial charge in [0.25, 0.3) is 0 Å². The minimum absolute atomic E-state index is 0.335. The molecule has 116 valence electrons. The number of morpholine rings is 1. The molecule has 1 aliphatic rings. The molecule has 3 rings (SSSR count). The number of hydrogen-bond acceptors (Lipinski definition) is 7. The Bertz CT molecular complexity index is 699. The first-order chi connectivity index (χ1) is 10.7. The van der Waals surface area contributed by atoms with E-state index in [2.05, 4.69) is 26.5 Å². The van der Waals surface area contributed by atoms with Gasteiger partial charge in [0.15, 0.2) is 11.8 Å². The predicted octanol–water partition coefficient (Wildman–Crippen LogP) is 0.764. The van der Waals surface area contributed by atoms with Crippen LogP contribution in [-0.2, 0) is 14.3 Å². The molecular weight excluding hydrogens is 286 g/mol. The third-order valence-corrected chi connectivity index (χ3v) is 3.41. The Morgan fingerprint density at radius 2 is 2.50 bits per heavy atom. The molecule has 2 aromatic rings. The lowest BCUT2D eigenvalue weighted by Gasteiger charge is -2.31. The Morgan fingerprint density at radius 1 is 1.64 bits per heavy atom. The number of ether oxygens (including phenoxy) is 2. The average Bonchev–Trinajstić information content (AvgIpc) is 2.99. The van der Waals surface area contributed by atoms with Crippen LogP contribution in [0.15, 0.2) is 12.9 Å². The van der Waals surface area contributed by atoms with Gasteiger partial charge in [0, 0.05) is 6.54 Å². The number of nitrogens with zero attached hydrogens (tertiary/aromatic N) is 4. The molecule has 1 N–H and O–H groups in total. The van der Waals surface area contributed by atoms with Gasteiger partial charge in [0.05, 0.1) is 25.5 Å². The average molecular weight is 303 g/mol. The topological polar surface area (TPSA) is 93.2 Å². The maximum Gasteiger partial charge on any atom is 0.337 e. The number of rotatable bonds is 4. The minimum Gasteiger partial charge on any atom is -0.464 e. The number of aromatic nitrogens is 4. The fraction of sp³-hybridized carbons (Fsp3) is 0.429. The van der Waals surface area contributed by atoms with Gasteiger partial charge in [-0.15, -0.1) is 0 Å². The standard InChI is InChI=1S/C14H17N5O3/c1-3-9-11-12(16-8-15-9)18-14(17-11)19-5-6-22-10(7-19)13(20)21-4-2/h3,8,10H,1,4-7H2,2H3,(H,15,16,17,18). The Balaban J connectivity index is 1.84. The van der Waals surface area contributed by atoms with Gasteiger partial charge in [-0.25, -0.2) is 14.8 Å². The molecule has 0 radical (unpaired) electrons. The zero-order valence-corrected chi connectivity index (χ0v) is 12.3. The van der Waals surface area contributed by atoms with Crippen molar-refractivity contribution >= 4 is 29.2 Å². The molecule has 0 spiro atoms. The molecule has 0 aliphatic carbocycles. The number of aromatic amines is 1. The molecule has 1 saturated heterocycles. The van der Waals surface area contributed by atoms with Gasteiger partial charge < -0.3 is 19.4 Å². The third kappa shape index (κ3) is 2.64. The van der Waals surface area contributed by atoms with Gasteiger partial charge in [0.2, 0.25) is 5.95 Å². The van der Waals surface area contributed by atoms with Crippen LogP contribution in [0.25, 0.3) is 17.2 Å². The highest BCUT2D eigenvalue weighted by Gasteiger charge is 2.29. The number of anilines is 1. The van der Waals surface area contributed by atoms with Gasteiger partial charge in [0.1, 0.15) is 11.8 Å². The van der Waals surface area contributed by atoms with Gasteiger partial charge in [-0.3, -0.25) is 0 Å². The summed E-state index contributed by atoms with van der Waals surface area (Å²) in [4.78, 5) is 29.7. The van der Waals surface area contributed by atoms with Crippen LogP contribution < -0.4 is 4.90 Å². The van der Waals surface area contributed by atoms with E-state index >= 15 is 0 Å². The molecule has 0 amide bonds. The number of carbonyl (C=O) groups excluding carboxylic acids is 1. The van der Waals surface area contributed by atoms with Crippen molar-refractivity contribution in [3.8, 4) is 0 Å². The van der Waals surface area contributed by atoms with Gasteiger partial charge >= 0.3 is 5.97 Å². The lowest BCUT2D eigenvalue weighted by molar-refractivity contribution is -0.157. The molecule has 3 heterocycles. The highest BCUT2D eigenvalue weighted by molar-refractivity contribution is 5.81. The highest BCUT2D eigenvalue weighted by Crippen LogP contribution is 2.20. The lowest BCUT2D eigenvalue weighted by Crippen LogP contribution is -2.47. The SMILES string of the molecule is C=Cc1ncnc2nc(N3CCOC(C(=O)OCC)C3)[nH]c12. The maximum atomic E-state index is 11.8. The first-order valence-corrected chi connectivity index (χ1v) is 7.09. The molecule has 0 saturated carbocycles. The molecule has 22 heavy (non-hydrogen) atoms. The van der Waals surface area contributed by atoms with Crippen molar-refractivity contribution in [3.63, 3.8) is 0 Å². The van der Waals surface area contributed by atoms with E-state index in [-0.39, 0.29) is 5.97 Å². The summed E-state index contributed by atoms with van der Waals surface area (Å²) in [6.45, 7) is 7.28. The zero-order chi connectivity index (χ0) is 15.5. The van der Waals surface area contributed by atoms with Gasteiger partial charge in [-0.05, 0) is 13.0 Å². The maximum absolute atomic E-state index is 11.8. The molecule has 8 heteroatoms. The van der Waals surface area contributed by atoms with E-state index in [0.29, 0.717) is 43.6 Å². The van der Waals surface area contributed by atoms with Crippen LogP contribution in [0.2, 0.25) is 0 Å². The lowest BCUT2D eigenvalue weighted by atomic mass is 10.3. The second-order valence-electron chi connectivity index (χ2n) is 4.78. The summed E-state index contributed by atoms with van der Waals surface area (Å²) in [5, 5.41) is 0. The van der Waals surface area contributed by atoms with E-state index in [4.69, 9.17) is 9.47 Å². The van der Waals surface area contributed by atoms with Crippen LogP contribution >= 0.6 is 0 Å². The van der Waals surface area contributed by atoms with Crippen molar-refractivity contribution in [1.82, 2.24) is 19.9 Å². The van der Waals surface area contributed by atoms with Crippen LogP contribution in [0.3, 0.4) is 0 Å². The molecular formula is C14H17N5O3. The van der Waals surface area contributed by atoms with E-state index in [9.17, 15) is 4.79 Å². The molecule has 8 nitrogen and oxygen atoms in total. The van der Waals surface area contributed by atoms with Gasteiger partial charge in [-0.2, -0.15) is 4.98 Å². The number of nitrogens with one attached hydrogen (secondary N) is 1. The van der Waals surface area contributed by atoms with Crippen molar-refractivity contribution in [2.75, 3.05) is 31.2 Å². The quantitative estimate of drug-likeness (QED) is 0.833. The Labute approximate surface area is 127 Å². The molecule has 1 atom stereocenters. The molecule has 2 aromatic heterocycles. The van der Waals surface area contributed by atoms with Crippen molar-refractivity contribution < 1.29 is 14.3 Å². The Hall–Kier alpha value is -2.48. The van der Waals surface area contributed by atoms with E-state index in [1.54, 1.807) is 13.0 Å². The largest absolute Gasteiger partial charge is 0.464 e. The summed E-state index contributed by atoms with van der Waals surface area (Å²) in [6.07, 6.45) is 2.49. The first kappa shape index (κ1) is 14.5. The van der Waals surface area contributed by atoms with Crippen LogP contribution in [0.5, 0.6) is 0 Å². The normalized spacial score (nSPS) is 18.4. The van der Waals surface area contributed by atoms with Crippen molar-refractivity contribution in [2.45, 2.75) is 13.0 Å². The summed E-state index contributed by atoms with van der Waals surface area (Å²) in [6, 6.07) is 0. The first-order valence-electron chi connectivity index (χ1n) is 7.09. The fourth-order valence-corrected chi connectivity index (χ4v) is 2.36. The van der Waals surface area contributed by atoms with Crippen molar-refractivity contribution in [1.29, 1.82) is 0 Å². The van der Waals surface area contributed by atoms with Crippen LogP contribution in [0, 0.1) is 0 Å². The smallest absolute Gasteiger partial charge is 0.337 e. The Kier molecular flexibility index (Phi) is 4.01. The van der Waals surface area contributed by atoms with Crippen molar-refractivity contribution in [3.05, 3.63) is 18.6 Å². The Morgan fingerprint density at radius 3 is 3.27 bits per heavy atom. The monoisotopic (exact) mass is 303 g/mol. The predicted molar refractivity (Wildman–Crippen MR) is 80.4 cm³/mol. The fourth-order valence-electron chi connectivity index (χ4n) is 2.36. The summed E-state index contributed by atoms with van der Waals surface area (Å²) < 4.78 is 10.5. The highest BCUT2D eigenvalue weighted by atomic mass is 16.6. The summed E-state index contributed by atoms with van der Waals surface area (Å²) in [5.41, 5.74) is 1.99. The van der Waals surface area contributed by atoms with Crippen molar-refractivity contribution in [2.24, 2.45) is 0 Å². The molecule has 0 aromatic carbocycles. The summed E-state index contributed by atoms with van der Waals surface area (Å²) in [7, 11) is 0. The van der Waals surface area contributed by atoms with E-state index in [1.165, 1.54) is 6.33 Å². The van der Waals surface area contributed by atoms with Crippen LogP contribution in [0.4, 0.5) is 5.95 Å². The number of imidazole rings is 1. The summed E-state index contributed by atoms with van der Waals surface area (Å²) >= 11 is 0. The number of hydrogen-bond donors (Lipinski definition) is 1. The second-order valence-corrected chi connectivity index (χ2v) is 4.78. The van der Waals surface area contributed by atoms with E-state index in [1.807, 2.05) is 4.90 Å². The molecule has 1 aliphatic heterocycles. The number of esters is 1. The number of carbonyl (C=O) groups is 1. The third-order valence-electron chi connectivity index (χ3n) is 3.41. The molecule has 1 unspecified atom stereocenters. The molecule has 1 fully saturated rings.